The second-order valence-electron chi connectivity index (χ2n) is 7.80. The minimum Gasteiger partial charge on any atom is -0.381 e. The second kappa shape index (κ2) is 61.7. The Kier molecular flexibility index (Phi) is 76.6. The zero-order valence-corrected chi connectivity index (χ0v) is 28.9. The van der Waals surface area contributed by atoms with Crippen LogP contribution in [0, 0.1) is 0 Å². The lowest BCUT2D eigenvalue weighted by Crippen LogP contribution is -2.39. The van der Waals surface area contributed by atoms with E-state index in [1.807, 2.05) is 69.2 Å². The van der Waals surface area contributed by atoms with Crippen LogP contribution in [-0.4, -0.2) is 91.9 Å². The summed E-state index contributed by atoms with van der Waals surface area (Å²) in [7, 11) is 0. The molecule has 39 heavy (non-hydrogen) atoms. The van der Waals surface area contributed by atoms with Gasteiger partial charge in [-0.2, -0.15) is 0 Å². The van der Waals surface area contributed by atoms with Crippen LogP contribution in [0.2, 0.25) is 0 Å². The number of ether oxygens (including phenoxy) is 2. The van der Waals surface area contributed by atoms with Gasteiger partial charge in [0.1, 0.15) is 0 Å². The molecule has 0 spiro atoms. The quantitative estimate of drug-likeness (QED) is 0.238. The third-order valence-electron chi connectivity index (χ3n) is 5.05. The van der Waals surface area contributed by atoms with E-state index >= 15 is 0 Å². The summed E-state index contributed by atoms with van der Waals surface area (Å²) in [5, 5.41) is 16.1. The minimum absolute atomic E-state index is 0.889. The first kappa shape index (κ1) is 48.5. The summed E-state index contributed by atoms with van der Waals surface area (Å²) in [6, 6.07) is 0. The summed E-state index contributed by atoms with van der Waals surface area (Å²) in [4.78, 5) is 0. The first-order valence-corrected chi connectivity index (χ1v) is 17.2. The second-order valence-corrected chi connectivity index (χ2v) is 7.80. The monoisotopic (exact) mass is 566 g/mol. The molecule has 7 nitrogen and oxygen atoms in total. The van der Waals surface area contributed by atoms with Crippen molar-refractivity contribution in [1.82, 2.24) is 26.6 Å². The molecule has 5 rings (SSSR count). The van der Waals surface area contributed by atoms with Crippen LogP contribution in [0.5, 0.6) is 0 Å². The van der Waals surface area contributed by atoms with E-state index in [2.05, 4.69) is 26.6 Å². The molecule has 0 bridgehead atoms. The highest BCUT2D eigenvalue weighted by molar-refractivity contribution is 4.59. The van der Waals surface area contributed by atoms with E-state index in [0.29, 0.717) is 0 Å². The van der Waals surface area contributed by atoms with E-state index in [9.17, 15) is 0 Å². The number of nitrogens with one attached hydrogen (secondary N) is 5. The lowest BCUT2D eigenvalue weighted by atomic mass is 10.2. The molecular weight excluding hydrogens is 486 g/mol. The molecule has 0 atom stereocenters. The molecule has 0 amide bonds. The van der Waals surface area contributed by atoms with Crippen LogP contribution in [0.1, 0.15) is 121 Å². The molecule has 5 aliphatic rings. The van der Waals surface area contributed by atoms with E-state index in [1.165, 1.54) is 77.5 Å². The Morgan fingerprint density at radius 3 is 0.641 bits per heavy atom. The average Bonchev–Trinajstić information content (AvgIpc) is 3.71. The summed E-state index contributed by atoms with van der Waals surface area (Å²) < 4.78 is 10.1. The van der Waals surface area contributed by atoms with Crippen molar-refractivity contribution in [2.24, 2.45) is 0 Å². The van der Waals surface area contributed by atoms with Crippen LogP contribution in [0.25, 0.3) is 0 Å². The molecule has 5 heterocycles. The normalized spacial score (nSPS) is 18.6. The predicted octanol–water partition coefficient (Wildman–Crippen LogP) is 6.23. The Morgan fingerprint density at radius 1 is 0.256 bits per heavy atom. The first-order valence-electron chi connectivity index (χ1n) is 17.2. The molecule has 0 saturated carbocycles. The molecule has 0 aromatic rings. The SMILES string of the molecule is C1CCNC1.C1CCNCC1.C1CCOCC1.C1CNCCN1.C1COCCN1.CC.CC.CC.CC.CC. The van der Waals surface area contributed by atoms with Gasteiger partial charge in [0, 0.05) is 52.5 Å². The molecule has 0 aromatic heterocycles. The van der Waals surface area contributed by atoms with Crippen molar-refractivity contribution < 1.29 is 9.47 Å². The molecule has 0 unspecified atom stereocenters. The molecule has 5 aliphatic heterocycles. The molecule has 0 radical (unpaired) electrons. The van der Waals surface area contributed by atoms with Crippen LogP contribution >= 0.6 is 0 Å². The zero-order valence-electron chi connectivity index (χ0n) is 28.9. The van der Waals surface area contributed by atoms with Crippen molar-refractivity contribution in [3.63, 3.8) is 0 Å². The van der Waals surface area contributed by atoms with Gasteiger partial charge in [-0.1, -0.05) is 75.7 Å². The van der Waals surface area contributed by atoms with Gasteiger partial charge in [0.15, 0.2) is 0 Å². The Labute approximate surface area is 248 Å². The Hall–Kier alpha value is -0.280. The smallest absolute Gasteiger partial charge is 0.0591 e. The van der Waals surface area contributed by atoms with Crippen molar-refractivity contribution >= 4 is 0 Å². The largest absolute Gasteiger partial charge is 0.381 e. The molecule has 5 N–H and O–H groups in total. The van der Waals surface area contributed by atoms with Crippen LogP contribution in [-0.2, 0) is 9.47 Å². The number of hydrogen-bond acceptors (Lipinski definition) is 7. The van der Waals surface area contributed by atoms with Gasteiger partial charge in [-0.05, 0) is 71.1 Å². The fourth-order valence-corrected chi connectivity index (χ4v) is 3.23. The van der Waals surface area contributed by atoms with Crippen LogP contribution < -0.4 is 26.6 Å². The van der Waals surface area contributed by atoms with Crippen LogP contribution in [0.15, 0.2) is 0 Å². The maximum atomic E-state index is 5.07. The summed E-state index contributed by atoms with van der Waals surface area (Å²) in [6.45, 7) is 35.4. The highest BCUT2D eigenvalue weighted by Crippen LogP contribution is 2.02. The van der Waals surface area contributed by atoms with Crippen molar-refractivity contribution in [3.05, 3.63) is 0 Å². The first-order chi connectivity index (χ1) is 19.5. The molecular formula is C32H79N5O2. The predicted molar refractivity (Wildman–Crippen MR) is 180 cm³/mol. The Balaban J connectivity index is -0.000000114. The van der Waals surface area contributed by atoms with Crippen LogP contribution in [0.4, 0.5) is 0 Å². The maximum absolute atomic E-state index is 5.07. The molecule has 5 saturated heterocycles. The number of piperidine rings is 1. The standard InChI is InChI=1S/C5H11N.C5H10O.C4H10N2.C4H9NO.C4H9N.5C2H6/c2*1-2-4-6-5-3-1;1-2-6-4-3-5-1;1-3-6-4-2-5-1;1-2-4-5-3-1;5*1-2/h6H,1-5H2;1-5H2;5-6H,1-4H2;5H,1-4H2;5H,1-4H2;5*1-2H3. The van der Waals surface area contributed by atoms with Crippen LogP contribution in [0.3, 0.4) is 0 Å². The van der Waals surface area contributed by atoms with E-state index in [1.54, 1.807) is 0 Å². The Morgan fingerprint density at radius 2 is 0.513 bits per heavy atom. The fourth-order valence-electron chi connectivity index (χ4n) is 3.23. The summed E-state index contributed by atoms with van der Waals surface area (Å²) >= 11 is 0. The third kappa shape index (κ3) is 58.3. The van der Waals surface area contributed by atoms with Gasteiger partial charge in [0.05, 0.1) is 13.2 Å². The molecule has 5 fully saturated rings. The lowest BCUT2D eigenvalue weighted by Gasteiger charge is -2.11. The average molecular weight is 566 g/mol. The maximum Gasteiger partial charge on any atom is 0.0591 e. The highest BCUT2D eigenvalue weighted by atomic mass is 16.5. The minimum atomic E-state index is 0.889. The van der Waals surface area contributed by atoms with E-state index in [0.717, 1.165) is 65.7 Å². The molecule has 0 aliphatic carbocycles. The van der Waals surface area contributed by atoms with E-state index in [-0.39, 0.29) is 0 Å². The van der Waals surface area contributed by atoms with Gasteiger partial charge in [-0.25, -0.2) is 0 Å². The number of morpholine rings is 1. The van der Waals surface area contributed by atoms with Gasteiger partial charge in [0.2, 0.25) is 0 Å². The van der Waals surface area contributed by atoms with E-state index in [4.69, 9.17) is 9.47 Å². The van der Waals surface area contributed by atoms with Crippen molar-refractivity contribution in [1.29, 1.82) is 0 Å². The van der Waals surface area contributed by atoms with Gasteiger partial charge < -0.3 is 36.1 Å². The molecule has 7 heteroatoms. The van der Waals surface area contributed by atoms with Crippen molar-refractivity contribution in [2.45, 2.75) is 121 Å². The summed E-state index contributed by atoms with van der Waals surface area (Å²) in [6.07, 6.45) is 10.9. The topological polar surface area (TPSA) is 78.6 Å². The number of piperazine rings is 1. The van der Waals surface area contributed by atoms with Gasteiger partial charge in [-0.15, -0.1) is 0 Å². The molecule has 0 aromatic carbocycles. The van der Waals surface area contributed by atoms with E-state index < -0.39 is 0 Å². The van der Waals surface area contributed by atoms with Crippen molar-refractivity contribution in [2.75, 3.05) is 91.9 Å². The summed E-state index contributed by atoms with van der Waals surface area (Å²) in [5.41, 5.74) is 0. The highest BCUT2D eigenvalue weighted by Gasteiger charge is 1.96. The number of hydrogen-bond donors (Lipinski definition) is 5. The number of rotatable bonds is 0. The third-order valence-corrected chi connectivity index (χ3v) is 5.05. The fraction of sp³-hybridized carbons (Fsp3) is 1.00. The van der Waals surface area contributed by atoms with Gasteiger partial charge in [0.25, 0.3) is 0 Å². The molecule has 244 valence electrons. The zero-order chi connectivity index (χ0) is 30.5. The van der Waals surface area contributed by atoms with Gasteiger partial charge >= 0.3 is 0 Å². The Bertz CT molecular complexity index is 193. The van der Waals surface area contributed by atoms with Gasteiger partial charge in [-0.3, -0.25) is 0 Å². The summed E-state index contributed by atoms with van der Waals surface area (Å²) in [5.74, 6) is 0. The lowest BCUT2D eigenvalue weighted by molar-refractivity contribution is 0.0968. The van der Waals surface area contributed by atoms with Crippen molar-refractivity contribution in [3.8, 4) is 0 Å².